The van der Waals surface area contributed by atoms with Gasteiger partial charge in [0.05, 0.1) is 5.54 Å². The molecule has 3 heteroatoms. The molecule has 0 spiro atoms. The van der Waals surface area contributed by atoms with E-state index in [-0.39, 0.29) is 5.91 Å². The second-order valence-electron chi connectivity index (χ2n) is 6.46. The van der Waals surface area contributed by atoms with Crippen LogP contribution in [0.3, 0.4) is 0 Å². The minimum Gasteiger partial charge on any atom is -0.338 e. The summed E-state index contributed by atoms with van der Waals surface area (Å²) in [6, 6.07) is 0.512. The molecule has 0 aromatic carbocycles. The number of hydrogen-bond acceptors (Lipinski definition) is 2. The summed E-state index contributed by atoms with van der Waals surface area (Å²) < 4.78 is 0. The highest BCUT2D eigenvalue weighted by Gasteiger charge is 2.48. The molecule has 0 radical (unpaired) electrons. The lowest BCUT2D eigenvalue weighted by atomic mass is 9.88. The quantitative estimate of drug-likeness (QED) is 0.796. The molecular weight excluding hydrogens is 212 g/mol. The minimum absolute atomic E-state index is 0.233. The number of amides is 1. The van der Waals surface area contributed by atoms with Crippen LogP contribution in [-0.2, 0) is 4.79 Å². The summed E-state index contributed by atoms with van der Waals surface area (Å²) in [5.74, 6) is 1.44. The van der Waals surface area contributed by atoms with Crippen LogP contribution in [0.5, 0.6) is 0 Å². The Bertz CT molecular complexity index is 322. The standard InChI is InChI=1S/C14H24N2O/c1-14(15,11-7-8-11)13(17)16-9-3-5-10-4-2-6-12(10)16/h10-12H,2-9,15H2,1H3. The predicted molar refractivity (Wildman–Crippen MR) is 67.4 cm³/mol. The van der Waals surface area contributed by atoms with Gasteiger partial charge < -0.3 is 10.6 Å². The van der Waals surface area contributed by atoms with Gasteiger partial charge in [-0.15, -0.1) is 0 Å². The monoisotopic (exact) mass is 236 g/mol. The number of nitrogens with two attached hydrogens (primary N) is 1. The third-order valence-corrected chi connectivity index (χ3v) is 5.14. The normalized spacial score (nSPS) is 36.5. The van der Waals surface area contributed by atoms with Gasteiger partial charge >= 0.3 is 0 Å². The van der Waals surface area contributed by atoms with Crippen LogP contribution in [0.2, 0.25) is 0 Å². The van der Waals surface area contributed by atoms with Gasteiger partial charge in [-0.05, 0) is 57.3 Å². The van der Waals surface area contributed by atoms with Gasteiger partial charge in [-0.25, -0.2) is 0 Å². The van der Waals surface area contributed by atoms with Crippen LogP contribution < -0.4 is 5.73 Å². The Morgan fingerprint density at radius 3 is 2.59 bits per heavy atom. The summed E-state index contributed by atoms with van der Waals surface area (Å²) in [6.07, 6.45) is 8.59. The maximum Gasteiger partial charge on any atom is 0.242 e. The maximum atomic E-state index is 12.6. The first-order valence-electron chi connectivity index (χ1n) is 7.20. The Morgan fingerprint density at radius 1 is 1.18 bits per heavy atom. The molecule has 3 rings (SSSR count). The molecule has 3 unspecified atom stereocenters. The van der Waals surface area contributed by atoms with Crippen LogP contribution in [0.25, 0.3) is 0 Å². The van der Waals surface area contributed by atoms with Crippen LogP contribution >= 0.6 is 0 Å². The molecule has 0 bridgehead atoms. The molecule has 2 N–H and O–H groups in total. The Balaban J connectivity index is 1.76. The van der Waals surface area contributed by atoms with Crippen LogP contribution in [0.1, 0.15) is 51.9 Å². The zero-order valence-corrected chi connectivity index (χ0v) is 10.8. The molecule has 2 aliphatic carbocycles. The zero-order chi connectivity index (χ0) is 12.0. The van der Waals surface area contributed by atoms with E-state index in [9.17, 15) is 4.79 Å². The van der Waals surface area contributed by atoms with Gasteiger partial charge in [0.1, 0.15) is 0 Å². The van der Waals surface area contributed by atoms with Crippen molar-refractivity contribution in [1.29, 1.82) is 0 Å². The topological polar surface area (TPSA) is 46.3 Å². The molecule has 1 heterocycles. The number of carbonyl (C=O) groups excluding carboxylic acids is 1. The van der Waals surface area contributed by atoms with Gasteiger partial charge in [0.25, 0.3) is 0 Å². The van der Waals surface area contributed by atoms with Crippen molar-refractivity contribution in [3.8, 4) is 0 Å². The Labute approximate surface area is 104 Å². The molecule has 3 aliphatic rings. The van der Waals surface area contributed by atoms with E-state index < -0.39 is 5.54 Å². The largest absolute Gasteiger partial charge is 0.338 e. The predicted octanol–water partition coefficient (Wildman–Crippen LogP) is 1.90. The third kappa shape index (κ3) is 1.88. The lowest BCUT2D eigenvalue weighted by Crippen LogP contribution is -2.59. The van der Waals surface area contributed by atoms with Gasteiger partial charge in [0, 0.05) is 12.6 Å². The molecular formula is C14H24N2O. The molecule has 0 aromatic heterocycles. The second-order valence-corrected chi connectivity index (χ2v) is 6.46. The molecule has 96 valence electrons. The SMILES string of the molecule is CC(N)(C(=O)N1CCCC2CCCC21)C1CC1. The van der Waals surface area contributed by atoms with Crippen LogP contribution in [-0.4, -0.2) is 28.9 Å². The summed E-state index contributed by atoms with van der Waals surface area (Å²) in [5.41, 5.74) is 5.70. The van der Waals surface area contributed by atoms with Crippen molar-refractivity contribution < 1.29 is 4.79 Å². The summed E-state index contributed by atoms with van der Waals surface area (Å²) in [4.78, 5) is 14.8. The van der Waals surface area contributed by atoms with Crippen molar-refractivity contribution in [2.45, 2.75) is 63.5 Å². The Hall–Kier alpha value is -0.570. The minimum atomic E-state index is -0.593. The highest BCUT2D eigenvalue weighted by molar-refractivity contribution is 5.87. The first-order chi connectivity index (χ1) is 8.10. The lowest BCUT2D eigenvalue weighted by Gasteiger charge is -2.41. The van der Waals surface area contributed by atoms with E-state index in [1.54, 1.807) is 0 Å². The molecule has 0 aromatic rings. The van der Waals surface area contributed by atoms with Gasteiger partial charge in [0.15, 0.2) is 0 Å². The Kier molecular flexibility index (Phi) is 2.69. The highest BCUT2D eigenvalue weighted by Crippen LogP contribution is 2.42. The van der Waals surface area contributed by atoms with Crippen LogP contribution in [0.4, 0.5) is 0 Å². The Morgan fingerprint density at radius 2 is 1.88 bits per heavy atom. The number of piperidine rings is 1. The van der Waals surface area contributed by atoms with Crippen molar-refractivity contribution in [3.05, 3.63) is 0 Å². The summed E-state index contributed by atoms with van der Waals surface area (Å²) in [6.45, 7) is 2.89. The smallest absolute Gasteiger partial charge is 0.242 e. The molecule has 3 nitrogen and oxygen atoms in total. The van der Waals surface area contributed by atoms with Gasteiger partial charge in [-0.3, -0.25) is 4.79 Å². The van der Waals surface area contributed by atoms with Crippen LogP contribution in [0.15, 0.2) is 0 Å². The number of hydrogen-bond donors (Lipinski definition) is 1. The summed E-state index contributed by atoms with van der Waals surface area (Å²) in [5, 5.41) is 0. The van der Waals surface area contributed by atoms with E-state index in [1.807, 2.05) is 6.92 Å². The number of fused-ring (bicyclic) bond motifs is 1. The van der Waals surface area contributed by atoms with Crippen molar-refractivity contribution >= 4 is 5.91 Å². The fourth-order valence-corrected chi connectivity index (χ4v) is 3.87. The fraction of sp³-hybridized carbons (Fsp3) is 0.929. The molecule has 2 saturated carbocycles. The molecule has 1 amide bonds. The van der Waals surface area contributed by atoms with E-state index >= 15 is 0 Å². The van der Waals surface area contributed by atoms with Gasteiger partial charge in [-0.2, -0.15) is 0 Å². The summed E-state index contributed by atoms with van der Waals surface area (Å²) >= 11 is 0. The zero-order valence-electron chi connectivity index (χ0n) is 10.8. The van der Waals surface area contributed by atoms with E-state index in [1.165, 1.54) is 32.1 Å². The van der Waals surface area contributed by atoms with Gasteiger partial charge in [0.2, 0.25) is 5.91 Å². The number of carbonyl (C=O) groups is 1. The van der Waals surface area contributed by atoms with Gasteiger partial charge in [-0.1, -0.05) is 6.42 Å². The van der Waals surface area contributed by atoms with E-state index in [2.05, 4.69) is 4.90 Å². The maximum absolute atomic E-state index is 12.6. The molecule has 1 aliphatic heterocycles. The second kappa shape index (κ2) is 3.98. The average Bonchev–Trinajstić information content (AvgIpc) is 3.07. The first kappa shape index (κ1) is 11.5. The fourth-order valence-electron chi connectivity index (χ4n) is 3.87. The first-order valence-corrected chi connectivity index (χ1v) is 7.20. The molecule has 3 atom stereocenters. The van der Waals surface area contributed by atoms with Crippen molar-refractivity contribution in [3.63, 3.8) is 0 Å². The van der Waals surface area contributed by atoms with Crippen molar-refractivity contribution in [2.75, 3.05) is 6.54 Å². The number of likely N-dealkylation sites (tertiary alicyclic amines) is 1. The molecule has 3 fully saturated rings. The van der Waals surface area contributed by atoms with Crippen LogP contribution in [0, 0.1) is 11.8 Å². The molecule has 1 saturated heterocycles. The lowest BCUT2D eigenvalue weighted by molar-refractivity contribution is -0.142. The van der Waals surface area contributed by atoms with Crippen molar-refractivity contribution in [2.24, 2.45) is 17.6 Å². The number of rotatable bonds is 2. The highest BCUT2D eigenvalue weighted by atomic mass is 16.2. The summed E-state index contributed by atoms with van der Waals surface area (Å²) in [7, 11) is 0. The van der Waals surface area contributed by atoms with E-state index in [0.717, 1.165) is 25.3 Å². The average molecular weight is 236 g/mol. The molecule has 17 heavy (non-hydrogen) atoms. The number of nitrogens with zero attached hydrogens (tertiary/aromatic N) is 1. The van der Waals surface area contributed by atoms with Crippen molar-refractivity contribution in [1.82, 2.24) is 4.90 Å². The van der Waals surface area contributed by atoms with E-state index in [4.69, 9.17) is 5.73 Å². The third-order valence-electron chi connectivity index (χ3n) is 5.14. The van der Waals surface area contributed by atoms with E-state index in [0.29, 0.717) is 12.0 Å².